The van der Waals surface area contributed by atoms with Gasteiger partial charge >= 0.3 is 12.1 Å². The summed E-state index contributed by atoms with van der Waals surface area (Å²) in [6.07, 6.45) is 1.42. The number of carbonyl (C=O) groups is 2. The number of hydrogen-bond donors (Lipinski definition) is 2. The maximum atomic E-state index is 12.2. The molecule has 0 radical (unpaired) electrons. The van der Waals surface area contributed by atoms with Crippen LogP contribution in [0.5, 0.6) is 0 Å². The molecule has 1 aromatic rings. The van der Waals surface area contributed by atoms with Crippen molar-refractivity contribution >= 4 is 45.6 Å². The summed E-state index contributed by atoms with van der Waals surface area (Å²) >= 11 is 3.38. The molecule has 0 saturated carbocycles. The van der Waals surface area contributed by atoms with Crippen molar-refractivity contribution in [3.05, 3.63) is 33.8 Å². The summed E-state index contributed by atoms with van der Waals surface area (Å²) in [5.41, 5.74) is 0.775. The fourth-order valence-electron chi connectivity index (χ4n) is 2.51. The quantitative estimate of drug-likeness (QED) is 0.752. The molecule has 6 nitrogen and oxygen atoms in total. The maximum absolute atomic E-state index is 12.2. The summed E-state index contributed by atoms with van der Waals surface area (Å²) in [6, 6.07) is 5.38. The van der Waals surface area contributed by atoms with Crippen molar-refractivity contribution in [2.75, 3.05) is 0 Å². The number of amidine groups is 1. The van der Waals surface area contributed by atoms with Crippen molar-refractivity contribution in [3.8, 4) is 0 Å². The van der Waals surface area contributed by atoms with Gasteiger partial charge in [0.2, 0.25) is 0 Å². The van der Waals surface area contributed by atoms with Crippen molar-refractivity contribution < 1.29 is 19.4 Å². The van der Waals surface area contributed by atoms with Crippen molar-refractivity contribution in [1.29, 1.82) is 0 Å². The fraction of sp³-hybridized carbons (Fsp3) is 0.389. The van der Waals surface area contributed by atoms with E-state index in [1.807, 2.05) is 13.0 Å². The Morgan fingerprint density at radius 1 is 1.36 bits per heavy atom. The summed E-state index contributed by atoms with van der Waals surface area (Å²) in [7, 11) is 0. The average Bonchev–Trinajstić information content (AvgIpc) is 2.60. The average molecular weight is 409 g/mol. The number of carboxylic acids is 1. The lowest BCUT2D eigenvalue weighted by Crippen LogP contribution is -2.40. The molecule has 1 aromatic carbocycles. The Labute approximate surface area is 155 Å². The highest BCUT2D eigenvalue weighted by molar-refractivity contribution is 9.10. The number of halogens is 1. The molecule has 7 heteroatoms. The zero-order chi connectivity index (χ0) is 18.8. The van der Waals surface area contributed by atoms with Crippen LogP contribution in [0.25, 0.3) is 6.08 Å². The number of nitrogens with zero attached hydrogens (tertiary/aromatic N) is 1. The molecule has 1 atom stereocenters. The van der Waals surface area contributed by atoms with Gasteiger partial charge in [-0.25, -0.2) is 14.6 Å². The van der Waals surface area contributed by atoms with Gasteiger partial charge in [0.25, 0.3) is 0 Å². The van der Waals surface area contributed by atoms with Gasteiger partial charge in [0, 0.05) is 21.5 Å². The SMILES string of the molecule is CCC1C(C(=O)O)=Cc2ccc(Br)cc2N=C1NC(=O)OC(C)(C)C. The second-order valence-electron chi connectivity index (χ2n) is 6.69. The maximum Gasteiger partial charge on any atom is 0.413 e. The molecule has 0 aliphatic carbocycles. The van der Waals surface area contributed by atoms with E-state index < -0.39 is 23.6 Å². The van der Waals surface area contributed by atoms with Crippen molar-refractivity contribution in [2.24, 2.45) is 10.9 Å². The van der Waals surface area contributed by atoms with Crippen LogP contribution < -0.4 is 5.32 Å². The number of aliphatic carboxylic acids is 1. The van der Waals surface area contributed by atoms with Gasteiger partial charge in [-0.15, -0.1) is 0 Å². The molecule has 1 aliphatic rings. The summed E-state index contributed by atoms with van der Waals surface area (Å²) in [5.74, 6) is -1.32. The number of rotatable bonds is 2. The molecule has 25 heavy (non-hydrogen) atoms. The highest BCUT2D eigenvalue weighted by Gasteiger charge is 2.29. The van der Waals surface area contributed by atoms with E-state index in [1.165, 1.54) is 0 Å². The number of aliphatic imine (C=N–C) groups is 1. The molecule has 0 saturated heterocycles. The standard InChI is InChI=1S/C18H21BrN2O4/c1-5-12-13(16(22)23)8-10-6-7-11(19)9-14(10)20-15(12)21-17(24)25-18(2,3)4/h6-9,12H,5H2,1-4H3,(H,22,23)(H,20,21,24). The second kappa shape index (κ2) is 7.39. The van der Waals surface area contributed by atoms with E-state index in [-0.39, 0.29) is 11.4 Å². The van der Waals surface area contributed by atoms with Crippen molar-refractivity contribution in [1.82, 2.24) is 5.32 Å². The minimum atomic E-state index is -1.04. The zero-order valence-corrected chi connectivity index (χ0v) is 16.2. The van der Waals surface area contributed by atoms with E-state index in [2.05, 4.69) is 26.2 Å². The van der Waals surface area contributed by atoms with Crippen LogP contribution in [0.3, 0.4) is 0 Å². The van der Waals surface area contributed by atoms with Gasteiger partial charge in [0.15, 0.2) is 0 Å². The van der Waals surface area contributed by atoms with E-state index in [9.17, 15) is 14.7 Å². The molecule has 134 valence electrons. The van der Waals surface area contributed by atoms with Crippen LogP contribution in [-0.4, -0.2) is 28.6 Å². The molecule has 0 fully saturated rings. The third kappa shape index (κ3) is 4.92. The smallest absolute Gasteiger partial charge is 0.413 e. The minimum absolute atomic E-state index is 0.179. The first-order chi connectivity index (χ1) is 11.6. The largest absolute Gasteiger partial charge is 0.478 e. The Morgan fingerprint density at radius 3 is 2.60 bits per heavy atom. The molecule has 1 aliphatic heterocycles. The number of hydrogen-bond acceptors (Lipinski definition) is 4. The molecule has 0 aromatic heterocycles. The minimum Gasteiger partial charge on any atom is -0.478 e. The summed E-state index contributed by atoms with van der Waals surface area (Å²) in [6.45, 7) is 7.12. The van der Waals surface area contributed by atoms with Crippen LogP contribution in [-0.2, 0) is 9.53 Å². The Hall–Kier alpha value is -2.15. The lowest BCUT2D eigenvalue weighted by molar-refractivity contribution is -0.133. The van der Waals surface area contributed by atoms with Crippen LogP contribution >= 0.6 is 15.9 Å². The van der Waals surface area contributed by atoms with E-state index in [0.717, 1.165) is 4.47 Å². The van der Waals surface area contributed by atoms with Gasteiger partial charge < -0.3 is 9.84 Å². The Balaban J connectivity index is 2.49. The molecule has 0 spiro atoms. The molecule has 0 bridgehead atoms. The van der Waals surface area contributed by atoms with E-state index in [1.54, 1.807) is 39.0 Å². The van der Waals surface area contributed by atoms with Gasteiger partial charge in [-0.2, -0.15) is 0 Å². The highest BCUT2D eigenvalue weighted by Crippen LogP contribution is 2.33. The van der Waals surface area contributed by atoms with Crippen LogP contribution in [0, 0.1) is 5.92 Å². The zero-order valence-electron chi connectivity index (χ0n) is 14.6. The molecular weight excluding hydrogens is 388 g/mol. The lowest BCUT2D eigenvalue weighted by atomic mass is 9.94. The van der Waals surface area contributed by atoms with Crippen molar-refractivity contribution in [3.63, 3.8) is 0 Å². The van der Waals surface area contributed by atoms with E-state index >= 15 is 0 Å². The highest BCUT2D eigenvalue weighted by atomic mass is 79.9. The number of alkyl carbamates (subject to hydrolysis) is 1. The van der Waals surface area contributed by atoms with Gasteiger partial charge in [-0.3, -0.25) is 5.32 Å². The molecule has 1 heterocycles. The normalized spacial score (nSPS) is 16.9. The van der Waals surface area contributed by atoms with Gasteiger partial charge in [-0.05, 0) is 45.4 Å². The first-order valence-electron chi connectivity index (χ1n) is 7.93. The third-order valence-electron chi connectivity index (χ3n) is 3.53. The predicted octanol–water partition coefficient (Wildman–Crippen LogP) is 4.51. The Bertz CT molecular complexity index is 763. The number of benzene rings is 1. The van der Waals surface area contributed by atoms with Crippen molar-refractivity contribution in [2.45, 2.75) is 39.7 Å². The van der Waals surface area contributed by atoms with E-state index in [0.29, 0.717) is 17.7 Å². The van der Waals surface area contributed by atoms with Crippen LogP contribution in [0.1, 0.15) is 39.7 Å². The van der Waals surface area contributed by atoms with Gasteiger partial charge in [0.1, 0.15) is 11.4 Å². The summed E-state index contributed by atoms with van der Waals surface area (Å²) < 4.78 is 6.09. The molecule has 1 amide bonds. The fourth-order valence-corrected chi connectivity index (χ4v) is 2.86. The number of ether oxygens (including phenoxy) is 1. The monoisotopic (exact) mass is 408 g/mol. The third-order valence-corrected chi connectivity index (χ3v) is 4.03. The molecule has 1 unspecified atom stereocenters. The van der Waals surface area contributed by atoms with Crippen LogP contribution in [0.15, 0.2) is 33.2 Å². The number of fused-ring (bicyclic) bond motifs is 1. The van der Waals surface area contributed by atoms with Gasteiger partial charge in [0.05, 0.1) is 5.69 Å². The first-order valence-corrected chi connectivity index (χ1v) is 8.73. The molecule has 2 N–H and O–H groups in total. The van der Waals surface area contributed by atoms with Crippen LogP contribution in [0.2, 0.25) is 0 Å². The van der Waals surface area contributed by atoms with Crippen LogP contribution in [0.4, 0.5) is 10.5 Å². The predicted molar refractivity (Wildman–Crippen MR) is 100 cm³/mol. The number of carboxylic acid groups (broad SMARTS) is 1. The first kappa shape index (κ1) is 19.2. The van der Waals surface area contributed by atoms with Gasteiger partial charge in [-0.1, -0.05) is 28.9 Å². The Kier molecular flexibility index (Phi) is 5.67. The summed E-state index contributed by atoms with van der Waals surface area (Å²) in [4.78, 5) is 28.4. The number of carbonyl (C=O) groups excluding carboxylic acids is 1. The summed E-state index contributed by atoms with van der Waals surface area (Å²) in [5, 5.41) is 12.2. The molecular formula is C18H21BrN2O4. The molecule has 2 rings (SSSR count). The lowest BCUT2D eigenvalue weighted by Gasteiger charge is -2.22. The second-order valence-corrected chi connectivity index (χ2v) is 7.61. The topological polar surface area (TPSA) is 88.0 Å². The Morgan fingerprint density at radius 2 is 2.04 bits per heavy atom. The number of nitrogens with one attached hydrogen (secondary N) is 1. The van der Waals surface area contributed by atoms with E-state index in [4.69, 9.17) is 4.74 Å². The number of amides is 1.